The Labute approximate surface area is 786 Å². The van der Waals surface area contributed by atoms with Crippen LogP contribution in [0.25, 0.3) is 66.1 Å². The second kappa shape index (κ2) is 43.4. The molecule has 12 rings (SSSR count). The molecule has 0 unspecified atom stereocenters. The zero-order valence-corrected chi connectivity index (χ0v) is 75.6. The van der Waals surface area contributed by atoms with E-state index in [4.69, 9.17) is 14.2 Å². The first-order valence-corrected chi connectivity index (χ1v) is 41.8. The van der Waals surface area contributed by atoms with Crippen molar-refractivity contribution in [3.63, 3.8) is 0 Å². The first kappa shape index (κ1) is 109. The molecule has 6 N–H and O–H groups in total. The molecule has 0 aliphatic heterocycles. The van der Waals surface area contributed by atoms with Crippen molar-refractivity contribution in [3.8, 4) is 33.4 Å². The number of aromatic nitrogens is 6. The van der Waals surface area contributed by atoms with Crippen LogP contribution in [0, 0.1) is 48.8 Å². The number of benzene rings is 6. The van der Waals surface area contributed by atoms with Gasteiger partial charge < -0.3 is 59.8 Å². The van der Waals surface area contributed by atoms with Crippen molar-refractivity contribution in [2.45, 2.75) is 140 Å². The molecule has 3 amide bonds. The van der Waals surface area contributed by atoms with Gasteiger partial charge in [0.15, 0.2) is 0 Å². The molecular formula is C94H80F24N12O12. The number of hydrogen-bond donors (Lipinski definition) is 6. The Kier molecular flexibility index (Phi) is 33.3. The lowest BCUT2D eigenvalue weighted by molar-refractivity contribution is -0.143. The number of amides is 3. The van der Waals surface area contributed by atoms with Gasteiger partial charge in [0, 0.05) is 126 Å². The Hall–Kier alpha value is -15.1. The lowest BCUT2D eigenvalue weighted by Gasteiger charge is -2.22. The first-order valence-electron chi connectivity index (χ1n) is 41.8. The molecule has 0 fully saturated rings. The smallest absolute Gasteiger partial charge is 0.417 e. The van der Waals surface area contributed by atoms with Crippen molar-refractivity contribution in [3.05, 3.63) is 280 Å². The summed E-state index contributed by atoms with van der Waals surface area (Å²) in [5, 5.41) is 12.8. The van der Waals surface area contributed by atoms with Crippen LogP contribution in [0.4, 0.5) is 122 Å². The van der Waals surface area contributed by atoms with Gasteiger partial charge in [0.2, 0.25) is 0 Å². The van der Waals surface area contributed by atoms with Crippen LogP contribution in [0.2, 0.25) is 0 Å². The molecule has 6 heterocycles. The molecule has 0 aliphatic rings. The van der Waals surface area contributed by atoms with E-state index >= 15 is 0 Å². The van der Waals surface area contributed by atoms with E-state index in [0.29, 0.717) is 36.4 Å². The fourth-order valence-electron chi connectivity index (χ4n) is 15.1. The van der Waals surface area contributed by atoms with Gasteiger partial charge in [0.25, 0.3) is 34.4 Å². The number of alkyl halides is 18. The van der Waals surface area contributed by atoms with Crippen LogP contribution >= 0.6 is 0 Å². The summed E-state index contributed by atoms with van der Waals surface area (Å²) in [6, 6.07) is 10.4. The highest BCUT2D eigenvalue weighted by molar-refractivity contribution is 6.03. The van der Waals surface area contributed by atoms with Crippen molar-refractivity contribution < 1.29 is 148 Å². The van der Waals surface area contributed by atoms with E-state index < -0.39 is 260 Å². The summed E-state index contributed by atoms with van der Waals surface area (Å²) in [6.45, 7) is 5.84. The number of aryl methyl sites for hydroxylation is 3. The normalized spacial score (nSPS) is 13.3. The number of halogens is 24. The third kappa shape index (κ3) is 24.5. The summed E-state index contributed by atoms with van der Waals surface area (Å²) in [5.74, 6) is -16.6. The first-order chi connectivity index (χ1) is 66.2. The van der Waals surface area contributed by atoms with Crippen molar-refractivity contribution >= 4 is 85.4 Å². The quantitative estimate of drug-likeness (QED) is 0.0167. The molecule has 0 saturated heterocycles. The number of pyridine rings is 6. The van der Waals surface area contributed by atoms with Gasteiger partial charge in [-0.1, -0.05) is 68.4 Å². The van der Waals surface area contributed by atoms with E-state index in [9.17, 15) is 149 Å². The summed E-state index contributed by atoms with van der Waals surface area (Å²) in [4.78, 5) is 129. The van der Waals surface area contributed by atoms with E-state index in [1.54, 1.807) is 0 Å². The maximum Gasteiger partial charge on any atom is 0.417 e. The van der Waals surface area contributed by atoms with E-state index in [0.717, 1.165) is 66.4 Å². The highest BCUT2D eigenvalue weighted by Crippen LogP contribution is 2.44. The Balaban J connectivity index is 0.000000219. The lowest BCUT2D eigenvalue weighted by atomic mass is 9.93. The second-order valence-electron chi connectivity index (χ2n) is 31.8. The van der Waals surface area contributed by atoms with Gasteiger partial charge in [-0.25, -0.2) is 40.7 Å². The van der Waals surface area contributed by atoms with Crippen LogP contribution in [-0.2, 0) is 87.5 Å². The second-order valence-corrected chi connectivity index (χ2v) is 31.8. The molecule has 6 aromatic heterocycles. The van der Waals surface area contributed by atoms with Gasteiger partial charge in [-0.05, 0) is 123 Å². The van der Waals surface area contributed by atoms with Gasteiger partial charge in [0.05, 0.1) is 71.3 Å². The molecule has 0 bridgehead atoms. The van der Waals surface area contributed by atoms with Gasteiger partial charge >= 0.3 is 55.0 Å². The summed E-state index contributed by atoms with van der Waals surface area (Å²) in [6.07, 6.45) is -26.2. The van der Waals surface area contributed by atoms with Crippen LogP contribution in [0.3, 0.4) is 0 Å². The molecule has 6 atom stereocenters. The molecule has 12 aromatic rings. The van der Waals surface area contributed by atoms with Crippen LogP contribution in [0.5, 0.6) is 0 Å². The number of nitrogens with zero attached hydrogens (tertiary/aromatic N) is 6. The van der Waals surface area contributed by atoms with Crippen molar-refractivity contribution in [1.29, 1.82) is 0 Å². The Morgan fingerprint density at radius 2 is 0.648 bits per heavy atom. The fourth-order valence-corrected chi connectivity index (χ4v) is 15.1. The Bertz CT molecular complexity index is 6990. The maximum atomic E-state index is 14.9. The van der Waals surface area contributed by atoms with Crippen LogP contribution in [-0.4, -0.2) is 140 Å². The third-order valence-electron chi connectivity index (χ3n) is 22.5. The number of rotatable bonds is 26. The molecule has 142 heavy (non-hydrogen) atoms. The minimum Gasteiger partial charge on any atom is -0.467 e. The van der Waals surface area contributed by atoms with E-state index in [1.807, 2.05) is 16.0 Å². The average molecular weight is 2030 g/mol. The van der Waals surface area contributed by atoms with E-state index in [-0.39, 0.29) is 77.5 Å². The maximum absolute atomic E-state index is 14.9. The minimum absolute atomic E-state index is 0.0409. The number of nitrogens with one attached hydrogen (secondary N) is 6. The highest BCUT2D eigenvalue weighted by atomic mass is 19.4. The van der Waals surface area contributed by atoms with Gasteiger partial charge in [-0.15, -0.1) is 0 Å². The predicted molar refractivity (Wildman–Crippen MR) is 468 cm³/mol. The highest BCUT2D eigenvalue weighted by Gasteiger charge is 2.45. The standard InChI is InChI=1S/C32H28F8N4O4.2C31H26F8N4O4/c1-5-24(32(38,39)40)42-17-13-21(33)26(22(34)14-17)28(45)43-23(30(47)48-4)12-16-8-9-19(27-18(16)7-6-10-41-27)25-20(31(35,36)37)11-15(2)44(3)29(25)46;1-14-10-20(31(37,38)39)24(28(45)43(14)3)19-8-7-16(18-6-5-9-40-26(18)19)11-23(29(46)47-4)42-27(44)25-21(32)12-17(13-22(25)33)41-15(2)30(34,35)36;1-4-23(31(37,38)39)41-16-13-20(32)25(21(33)14-16)27(44)42-22(29(46)47-3)12-15-7-8-18(26-17(15)6-5-10-40-26)24-19(30(34,35)36)9-11-43(2)28(24)45/h6-11,13-14,23-24,42H,5,12H2,1-4H3,(H,43,45);5-10,12-13,15,23,41H,11H2,1-4H3,(H,42,44);5-11,13-14,22-23,41H,4,12H2,1-3H3,(H,42,44)/t23-,24+;15-,23+;22-,23+/m010/s1. The van der Waals surface area contributed by atoms with E-state index in [1.165, 1.54) is 140 Å². The van der Waals surface area contributed by atoms with Crippen molar-refractivity contribution in [2.75, 3.05) is 37.3 Å². The number of methoxy groups -OCH3 is 3. The molecule has 0 saturated carbocycles. The summed E-state index contributed by atoms with van der Waals surface area (Å²) in [7, 11) is 6.82. The minimum atomic E-state index is -4.90. The number of anilines is 3. The van der Waals surface area contributed by atoms with Gasteiger partial charge in [-0.3, -0.25) is 43.7 Å². The number of esters is 3. The predicted octanol–water partition coefficient (Wildman–Crippen LogP) is 18.7. The summed E-state index contributed by atoms with van der Waals surface area (Å²) < 4.78 is 350. The monoisotopic (exact) mass is 2020 g/mol. The largest absolute Gasteiger partial charge is 0.467 e. The van der Waals surface area contributed by atoms with Crippen LogP contribution < -0.4 is 48.6 Å². The zero-order valence-electron chi connectivity index (χ0n) is 75.6. The molecular weight excluding hydrogens is 1950 g/mol. The number of ether oxygens (including phenoxy) is 3. The van der Waals surface area contributed by atoms with Crippen molar-refractivity contribution in [2.24, 2.45) is 21.1 Å². The molecule has 48 heteroatoms. The molecule has 6 aromatic carbocycles. The molecule has 0 radical (unpaired) electrons. The molecule has 0 spiro atoms. The SMILES string of the molecule is CC[C@@H](Nc1cc(F)c(C(=O)N[C@@H](Cc2ccc(-c3c(C(F)(F)F)cc(C)n(C)c3=O)c3ncccc23)C(=O)OC)c(F)c1)C(F)(F)F.CC[C@@H](Nc1cc(F)c(C(=O)N[C@@H](Cc2ccc(-c3c(C(F)(F)F)ccn(C)c3=O)c3ncccc23)C(=O)OC)c(F)c1)C(F)(F)F.COC(=O)[C@H](Cc1ccc(-c2c(C(F)(F)F)cc(C)n(C)c2=O)c2ncccc12)NC(=O)c1c(F)cc(N[C@H](C)C(F)(F)F)cc1F. The van der Waals surface area contributed by atoms with Gasteiger partial charge in [-0.2, -0.15) is 79.0 Å². The topological polar surface area (TPSA) is 307 Å². The molecule has 756 valence electrons. The number of fused-ring (bicyclic) bond motifs is 3. The Morgan fingerprint density at radius 1 is 0.373 bits per heavy atom. The average Bonchev–Trinajstić information content (AvgIpc) is 0.753. The Morgan fingerprint density at radius 3 is 0.901 bits per heavy atom. The number of carbonyl (C=O) groups excluding carboxylic acids is 6. The summed E-state index contributed by atoms with van der Waals surface area (Å²) in [5.41, 5.74) is -13.5. The fraction of sp³-hybridized carbons (Fsp3) is 0.298. The lowest BCUT2D eigenvalue weighted by Crippen LogP contribution is -2.43. The van der Waals surface area contributed by atoms with Gasteiger partial charge in [0.1, 0.15) is 87.8 Å². The van der Waals surface area contributed by atoms with Crippen LogP contribution in [0.15, 0.2) is 167 Å². The van der Waals surface area contributed by atoms with E-state index in [2.05, 4.69) is 30.9 Å². The summed E-state index contributed by atoms with van der Waals surface area (Å²) >= 11 is 0. The number of hydrogen-bond acceptors (Lipinski definition) is 18. The third-order valence-corrected chi connectivity index (χ3v) is 22.5. The molecule has 24 nitrogen and oxygen atoms in total. The zero-order chi connectivity index (χ0) is 106. The van der Waals surface area contributed by atoms with Crippen LogP contribution in [0.1, 0.15) is 109 Å². The number of carbonyl (C=O) groups is 6. The molecule has 0 aliphatic carbocycles. The van der Waals surface area contributed by atoms with Crippen molar-refractivity contribution in [1.82, 2.24) is 44.6 Å².